The Balaban J connectivity index is 2.04. The summed E-state index contributed by atoms with van der Waals surface area (Å²) in [5.74, 6) is -0.303. The van der Waals surface area contributed by atoms with Gasteiger partial charge >= 0.3 is 0 Å². The van der Waals surface area contributed by atoms with Gasteiger partial charge in [-0.05, 0) is 42.5 Å². The van der Waals surface area contributed by atoms with Crippen molar-refractivity contribution in [1.29, 1.82) is 0 Å². The number of benzene rings is 1. The monoisotopic (exact) mass is 301 g/mol. The van der Waals surface area contributed by atoms with Crippen LogP contribution in [-0.2, 0) is 0 Å². The Morgan fingerprint density at radius 3 is 2.35 bits per heavy atom. The fraction of sp³-hybridized carbons (Fsp3) is 0. The topological polar surface area (TPSA) is 38.7 Å². The van der Waals surface area contributed by atoms with Gasteiger partial charge in [-0.1, -0.05) is 18.2 Å². The maximum Gasteiger partial charge on any atom is 0.160 e. The second-order valence-corrected chi connectivity index (χ2v) is 5.12. The van der Waals surface area contributed by atoms with Crippen LogP contribution in [0.5, 0.6) is 0 Å². The zero-order valence-electron chi connectivity index (χ0n) is 12.1. The Hall–Kier alpha value is -3.14. The van der Waals surface area contributed by atoms with E-state index in [0.717, 1.165) is 16.6 Å². The number of nitrogens with zero attached hydrogens (tertiary/aromatic N) is 3. The summed E-state index contributed by atoms with van der Waals surface area (Å²) >= 11 is 0. The van der Waals surface area contributed by atoms with Gasteiger partial charge in [0, 0.05) is 28.9 Å². The molecule has 0 aliphatic carbocycles. The molecule has 4 rings (SSSR count). The van der Waals surface area contributed by atoms with Crippen molar-refractivity contribution in [3.8, 4) is 22.5 Å². The normalized spacial score (nSPS) is 10.8. The first-order valence-corrected chi connectivity index (χ1v) is 7.25. The van der Waals surface area contributed by atoms with Crippen molar-refractivity contribution in [2.24, 2.45) is 0 Å². The molecule has 0 aliphatic rings. The van der Waals surface area contributed by atoms with Crippen LogP contribution in [0, 0.1) is 5.82 Å². The Bertz CT molecular complexity index is 984. The van der Waals surface area contributed by atoms with Crippen LogP contribution >= 0.6 is 0 Å². The lowest BCUT2D eigenvalue weighted by Gasteiger charge is -2.09. The quantitative estimate of drug-likeness (QED) is 0.547. The maximum absolute atomic E-state index is 14.1. The lowest BCUT2D eigenvalue weighted by molar-refractivity contribution is 0.631. The summed E-state index contributed by atoms with van der Waals surface area (Å²) in [7, 11) is 0. The molecular formula is C19H12FN3. The van der Waals surface area contributed by atoms with Crippen LogP contribution in [0.25, 0.3) is 33.5 Å². The van der Waals surface area contributed by atoms with Gasteiger partial charge in [-0.15, -0.1) is 0 Å². The molecule has 3 aromatic heterocycles. The SMILES string of the molecule is Fc1ccccc1-c1cc(-c2ccccn2)c2cccnc2n1. The zero-order valence-corrected chi connectivity index (χ0v) is 12.1. The minimum absolute atomic E-state index is 0.303. The smallest absolute Gasteiger partial charge is 0.160 e. The van der Waals surface area contributed by atoms with Crippen molar-refractivity contribution < 1.29 is 4.39 Å². The van der Waals surface area contributed by atoms with E-state index in [2.05, 4.69) is 15.0 Å². The molecule has 1 aromatic carbocycles. The molecular weight excluding hydrogens is 289 g/mol. The van der Waals surface area contributed by atoms with Gasteiger partial charge in [-0.3, -0.25) is 4.98 Å². The standard InChI is InChI=1S/C19H12FN3/c20-16-8-2-1-6-14(16)18-12-15(17-9-3-4-10-21-17)13-7-5-11-22-19(13)23-18/h1-12H. The Labute approximate surface area is 132 Å². The Morgan fingerprint density at radius 2 is 1.52 bits per heavy atom. The molecule has 0 bridgehead atoms. The third-order valence-corrected chi connectivity index (χ3v) is 3.67. The summed E-state index contributed by atoms with van der Waals surface area (Å²) in [6.45, 7) is 0. The van der Waals surface area contributed by atoms with Crippen LogP contribution in [0.4, 0.5) is 4.39 Å². The molecule has 0 N–H and O–H groups in total. The van der Waals surface area contributed by atoms with E-state index in [-0.39, 0.29) is 5.82 Å². The zero-order chi connectivity index (χ0) is 15.6. The minimum Gasteiger partial charge on any atom is -0.256 e. The molecule has 23 heavy (non-hydrogen) atoms. The number of fused-ring (bicyclic) bond motifs is 1. The van der Waals surface area contributed by atoms with Gasteiger partial charge in [0.2, 0.25) is 0 Å². The fourth-order valence-electron chi connectivity index (χ4n) is 2.60. The van der Waals surface area contributed by atoms with Crippen molar-refractivity contribution in [3.63, 3.8) is 0 Å². The first-order chi connectivity index (χ1) is 11.3. The molecule has 0 aliphatic heterocycles. The van der Waals surface area contributed by atoms with Crippen LogP contribution in [0.15, 0.2) is 73.1 Å². The first kappa shape index (κ1) is 13.5. The number of pyridine rings is 3. The average Bonchev–Trinajstić information content (AvgIpc) is 2.62. The predicted octanol–water partition coefficient (Wildman–Crippen LogP) is 4.50. The second kappa shape index (κ2) is 5.57. The van der Waals surface area contributed by atoms with E-state index in [1.54, 1.807) is 30.6 Å². The molecule has 0 atom stereocenters. The summed E-state index contributed by atoms with van der Waals surface area (Å²) in [5, 5.41) is 0.895. The van der Waals surface area contributed by atoms with Gasteiger partial charge in [0.05, 0.1) is 11.4 Å². The highest BCUT2D eigenvalue weighted by molar-refractivity contribution is 5.93. The van der Waals surface area contributed by atoms with E-state index in [1.807, 2.05) is 36.4 Å². The van der Waals surface area contributed by atoms with Gasteiger partial charge in [0.1, 0.15) is 5.82 Å². The number of aromatic nitrogens is 3. The van der Waals surface area contributed by atoms with E-state index in [0.29, 0.717) is 16.9 Å². The largest absolute Gasteiger partial charge is 0.256 e. The molecule has 0 fully saturated rings. The van der Waals surface area contributed by atoms with Crippen molar-refractivity contribution in [2.75, 3.05) is 0 Å². The van der Waals surface area contributed by atoms with Crippen LogP contribution in [0.3, 0.4) is 0 Å². The molecule has 0 unspecified atom stereocenters. The lowest BCUT2D eigenvalue weighted by atomic mass is 10.0. The minimum atomic E-state index is -0.303. The average molecular weight is 301 g/mol. The first-order valence-electron chi connectivity index (χ1n) is 7.25. The summed E-state index contributed by atoms with van der Waals surface area (Å²) in [4.78, 5) is 13.2. The molecule has 0 spiro atoms. The molecule has 0 radical (unpaired) electrons. The Morgan fingerprint density at radius 1 is 0.696 bits per heavy atom. The van der Waals surface area contributed by atoms with Crippen molar-refractivity contribution in [3.05, 3.63) is 78.9 Å². The third kappa shape index (κ3) is 2.44. The number of hydrogen-bond acceptors (Lipinski definition) is 3. The van der Waals surface area contributed by atoms with E-state index in [1.165, 1.54) is 6.07 Å². The second-order valence-electron chi connectivity index (χ2n) is 5.12. The molecule has 4 aromatic rings. The Kier molecular flexibility index (Phi) is 3.27. The van der Waals surface area contributed by atoms with E-state index >= 15 is 0 Å². The van der Waals surface area contributed by atoms with E-state index < -0.39 is 0 Å². The lowest BCUT2D eigenvalue weighted by Crippen LogP contribution is -1.94. The molecule has 4 heteroatoms. The third-order valence-electron chi connectivity index (χ3n) is 3.67. The van der Waals surface area contributed by atoms with Crippen molar-refractivity contribution in [1.82, 2.24) is 15.0 Å². The number of hydrogen-bond donors (Lipinski definition) is 0. The van der Waals surface area contributed by atoms with Crippen LogP contribution in [0.2, 0.25) is 0 Å². The summed E-state index contributed by atoms with van der Waals surface area (Å²) in [6, 6.07) is 18.0. The van der Waals surface area contributed by atoms with Gasteiger partial charge in [-0.2, -0.15) is 0 Å². The summed E-state index contributed by atoms with van der Waals surface area (Å²) in [6.07, 6.45) is 3.42. The van der Waals surface area contributed by atoms with E-state index in [9.17, 15) is 4.39 Å². The van der Waals surface area contributed by atoms with Gasteiger partial charge in [-0.25, -0.2) is 14.4 Å². The van der Waals surface area contributed by atoms with Crippen LogP contribution in [0.1, 0.15) is 0 Å². The van der Waals surface area contributed by atoms with Crippen molar-refractivity contribution >= 4 is 11.0 Å². The highest BCUT2D eigenvalue weighted by Crippen LogP contribution is 2.30. The molecule has 0 amide bonds. The van der Waals surface area contributed by atoms with Gasteiger partial charge < -0.3 is 0 Å². The van der Waals surface area contributed by atoms with Gasteiger partial charge in [0.15, 0.2) is 5.65 Å². The molecule has 3 nitrogen and oxygen atoms in total. The molecule has 3 heterocycles. The fourth-order valence-corrected chi connectivity index (χ4v) is 2.60. The highest BCUT2D eigenvalue weighted by Gasteiger charge is 2.12. The molecule has 110 valence electrons. The van der Waals surface area contributed by atoms with Crippen LogP contribution in [-0.4, -0.2) is 15.0 Å². The highest BCUT2D eigenvalue weighted by atomic mass is 19.1. The maximum atomic E-state index is 14.1. The predicted molar refractivity (Wildman–Crippen MR) is 88.2 cm³/mol. The summed E-state index contributed by atoms with van der Waals surface area (Å²) < 4.78 is 14.1. The summed E-state index contributed by atoms with van der Waals surface area (Å²) in [5.41, 5.74) is 3.29. The van der Waals surface area contributed by atoms with Crippen molar-refractivity contribution in [2.45, 2.75) is 0 Å². The number of rotatable bonds is 2. The van der Waals surface area contributed by atoms with E-state index in [4.69, 9.17) is 0 Å². The molecule has 0 saturated carbocycles. The molecule has 0 saturated heterocycles. The number of halogens is 1. The van der Waals surface area contributed by atoms with Gasteiger partial charge in [0.25, 0.3) is 0 Å². The van der Waals surface area contributed by atoms with Crippen LogP contribution < -0.4 is 0 Å².